The van der Waals surface area contributed by atoms with E-state index in [0.717, 1.165) is 12.8 Å². The van der Waals surface area contributed by atoms with E-state index in [4.69, 9.17) is 10.8 Å². The lowest BCUT2D eigenvalue weighted by atomic mass is 10.1. The molecule has 16 heavy (non-hydrogen) atoms. The highest BCUT2D eigenvalue weighted by Crippen LogP contribution is 2.07. The Morgan fingerprint density at radius 2 is 1.94 bits per heavy atom. The van der Waals surface area contributed by atoms with Crippen molar-refractivity contribution in [2.45, 2.75) is 51.6 Å². The zero-order valence-corrected chi connectivity index (χ0v) is 10.3. The first-order valence-corrected chi connectivity index (χ1v) is 5.70. The molecule has 2 atom stereocenters. The minimum Gasteiger partial charge on any atom is -0.480 e. The third-order valence-corrected chi connectivity index (χ3v) is 2.67. The number of carboxylic acid groups (broad SMARTS) is 1. The summed E-state index contributed by atoms with van der Waals surface area (Å²) in [6.07, 6.45) is 2.85. The van der Waals surface area contributed by atoms with Crippen molar-refractivity contribution in [3.05, 3.63) is 0 Å². The fourth-order valence-electron chi connectivity index (χ4n) is 1.58. The van der Waals surface area contributed by atoms with Crippen LogP contribution in [0.4, 0.5) is 0 Å². The number of carbonyl (C=O) groups excluding carboxylic acids is 1. The molecule has 0 aromatic heterocycles. The van der Waals surface area contributed by atoms with Gasteiger partial charge in [0.1, 0.15) is 6.04 Å². The molecule has 0 bridgehead atoms. The molecule has 0 spiro atoms. The normalized spacial score (nSPS) is 14.2. The maximum Gasteiger partial charge on any atom is 0.326 e. The van der Waals surface area contributed by atoms with Crippen LogP contribution in [0.1, 0.15) is 39.5 Å². The van der Waals surface area contributed by atoms with Crippen molar-refractivity contribution in [1.82, 2.24) is 4.90 Å². The Morgan fingerprint density at radius 3 is 2.31 bits per heavy atom. The molecular formula is C11H22N2O3. The molecule has 1 amide bonds. The Labute approximate surface area is 96.6 Å². The molecule has 0 radical (unpaired) electrons. The van der Waals surface area contributed by atoms with Crippen molar-refractivity contribution in [3.63, 3.8) is 0 Å². The average molecular weight is 230 g/mol. The number of nitrogens with two attached hydrogens (primary N) is 1. The molecule has 5 heteroatoms. The summed E-state index contributed by atoms with van der Waals surface area (Å²) in [5.41, 5.74) is 5.71. The second kappa shape index (κ2) is 7.22. The Balaban J connectivity index is 4.40. The molecule has 0 fully saturated rings. The molecule has 0 heterocycles. The van der Waals surface area contributed by atoms with Gasteiger partial charge in [0.2, 0.25) is 5.91 Å². The van der Waals surface area contributed by atoms with E-state index >= 15 is 0 Å². The minimum atomic E-state index is -0.985. The fraction of sp³-hybridized carbons (Fsp3) is 0.818. The maximum absolute atomic E-state index is 11.8. The minimum absolute atomic E-state index is 0.289. The van der Waals surface area contributed by atoms with Gasteiger partial charge in [-0.3, -0.25) is 4.79 Å². The first kappa shape index (κ1) is 14.9. The van der Waals surface area contributed by atoms with Gasteiger partial charge in [0, 0.05) is 7.05 Å². The van der Waals surface area contributed by atoms with Gasteiger partial charge in [0.25, 0.3) is 0 Å². The monoisotopic (exact) mass is 230 g/mol. The SMILES string of the molecule is CCCCC(N)C(=O)N(C)C(CC)C(=O)O. The standard InChI is InChI=1S/C11H22N2O3/c1-4-6-7-8(12)10(14)13(3)9(5-2)11(15)16/h8-9H,4-7,12H2,1-3H3,(H,15,16). The summed E-state index contributed by atoms with van der Waals surface area (Å²) in [5, 5.41) is 8.92. The zero-order chi connectivity index (χ0) is 12.7. The molecule has 0 aliphatic heterocycles. The van der Waals surface area contributed by atoms with E-state index in [1.165, 1.54) is 11.9 Å². The smallest absolute Gasteiger partial charge is 0.326 e. The molecule has 0 aliphatic rings. The van der Waals surface area contributed by atoms with Gasteiger partial charge in [-0.25, -0.2) is 4.79 Å². The molecule has 0 saturated carbocycles. The summed E-state index contributed by atoms with van der Waals surface area (Å²) in [6.45, 7) is 3.76. The molecule has 0 aromatic rings. The van der Waals surface area contributed by atoms with Crippen LogP contribution in [0.2, 0.25) is 0 Å². The molecule has 5 nitrogen and oxygen atoms in total. The van der Waals surface area contributed by atoms with Crippen LogP contribution in [-0.2, 0) is 9.59 Å². The van der Waals surface area contributed by atoms with Crippen LogP contribution < -0.4 is 5.73 Å². The number of unbranched alkanes of at least 4 members (excludes halogenated alkanes) is 1. The third-order valence-electron chi connectivity index (χ3n) is 2.67. The van der Waals surface area contributed by atoms with Crippen molar-refractivity contribution >= 4 is 11.9 Å². The molecule has 0 aromatic carbocycles. The summed E-state index contributed by atoms with van der Waals surface area (Å²) in [6, 6.07) is -1.36. The van der Waals surface area contributed by atoms with Gasteiger partial charge in [0.15, 0.2) is 0 Å². The molecular weight excluding hydrogens is 208 g/mol. The highest BCUT2D eigenvalue weighted by molar-refractivity contribution is 5.86. The average Bonchev–Trinajstić information content (AvgIpc) is 2.24. The Hall–Kier alpha value is -1.10. The number of hydrogen-bond donors (Lipinski definition) is 2. The van der Waals surface area contributed by atoms with Gasteiger partial charge in [-0.2, -0.15) is 0 Å². The lowest BCUT2D eigenvalue weighted by molar-refractivity contribution is -0.149. The first-order chi connectivity index (χ1) is 7.45. The van der Waals surface area contributed by atoms with Crippen molar-refractivity contribution < 1.29 is 14.7 Å². The zero-order valence-electron chi connectivity index (χ0n) is 10.3. The summed E-state index contributed by atoms with van der Waals surface area (Å²) in [7, 11) is 1.50. The first-order valence-electron chi connectivity index (χ1n) is 5.70. The van der Waals surface area contributed by atoms with Crippen LogP contribution in [0, 0.1) is 0 Å². The fourth-order valence-corrected chi connectivity index (χ4v) is 1.58. The lowest BCUT2D eigenvalue weighted by Crippen LogP contribution is -2.49. The van der Waals surface area contributed by atoms with Gasteiger partial charge in [0.05, 0.1) is 6.04 Å². The quantitative estimate of drug-likeness (QED) is 0.678. The van der Waals surface area contributed by atoms with Crippen molar-refractivity contribution in [1.29, 1.82) is 0 Å². The van der Waals surface area contributed by atoms with E-state index in [1.54, 1.807) is 6.92 Å². The number of carboxylic acids is 1. The van der Waals surface area contributed by atoms with E-state index < -0.39 is 18.1 Å². The predicted molar refractivity (Wildman–Crippen MR) is 62.0 cm³/mol. The van der Waals surface area contributed by atoms with E-state index in [-0.39, 0.29) is 5.91 Å². The highest BCUT2D eigenvalue weighted by atomic mass is 16.4. The molecule has 3 N–H and O–H groups in total. The van der Waals surface area contributed by atoms with E-state index in [2.05, 4.69) is 0 Å². The maximum atomic E-state index is 11.8. The number of rotatable bonds is 7. The Bertz CT molecular complexity index is 243. The molecule has 0 rings (SSSR count). The second-order valence-electron chi connectivity index (χ2n) is 3.96. The lowest BCUT2D eigenvalue weighted by Gasteiger charge is -2.26. The van der Waals surface area contributed by atoms with Crippen molar-refractivity contribution in [3.8, 4) is 0 Å². The van der Waals surface area contributed by atoms with Gasteiger partial charge in [-0.1, -0.05) is 26.7 Å². The molecule has 2 unspecified atom stereocenters. The van der Waals surface area contributed by atoms with Crippen LogP contribution in [0.25, 0.3) is 0 Å². The van der Waals surface area contributed by atoms with Crippen molar-refractivity contribution in [2.24, 2.45) is 5.73 Å². The van der Waals surface area contributed by atoms with Gasteiger partial charge >= 0.3 is 5.97 Å². The number of likely N-dealkylation sites (N-methyl/N-ethyl adjacent to an activating group) is 1. The molecule has 0 aliphatic carbocycles. The second-order valence-corrected chi connectivity index (χ2v) is 3.96. The van der Waals surface area contributed by atoms with E-state index in [1.807, 2.05) is 6.92 Å². The summed E-state index contributed by atoms with van der Waals surface area (Å²) < 4.78 is 0. The van der Waals surface area contributed by atoms with Crippen LogP contribution in [0.3, 0.4) is 0 Å². The number of carbonyl (C=O) groups is 2. The van der Waals surface area contributed by atoms with Crippen LogP contribution >= 0.6 is 0 Å². The number of hydrogen-bond acceptors (Lipinski definition) is 3. The summed E-state index contributed by atoms with van der Waals surface area (Å²) in [4.78, 5) is 23.9. The van der Waals surface area contributed by atoms with Crippen LogP contribution in [-0.4, -0.2) is 41.0 Å². The van der Waals surface area contributed by atoms with E-state index in [9.17, 15) is 9.59 Å². The summed E-state index contributed by atoms with van der Waals surface area (Å²) >= 11 is 0. The molecule has 94 valence electrons. The third kappa shape index (κ3) is 4.18. The number of amides is 1. The predicted octanol–water partition coefficient (Wildman–Crippen LogP) is 0.825. The largest absolute Gasteiger partial charge is 0.480 e. The van der Waals surface area contributed by atoms with E-state index in [0.29, 0.717) is 12.8 Å². The Morgan fingerprint density at radius 1 is 1.38 bits per heavy atom. The van der Waals surface area contributed by atoms with Gasteiger partial charge in [-0.05, 0) is 12.8 Å². The number of aliphatic carboxylic acids is 1. The van der Waals surface area contributed by atoms with Crippen LogP contribution in [0.15, 0.2) is 0 Å². The Kier molecular flexibility index (Phi) is 6.72. The van der Waals surface area contributed by atoms with Crippen LogP contribution in [0.5, 0.6) is 0 Å². The molecule has 0 saturated heterocycles. The number of nitrogens with zero attached hydrogens (tertiary/aromatic N) is 1. The van der Waals surface area contributed by atoms with Gasteiger partial charge < -0.3 is 15.7 Å². The van der Waals surface area contributed by atoms with Crippen molar-refractivity contribution in [2.75, 3.05) is 7.05 Å². The highest BCUT2D eigenvalue weighted by Gasteiger charge is 2.27. The topological polar surface area (TPSA) is 83.6 Å². The summed E-state index contributed by atoms with van der Waals surface area (Å²) in [5.74, 6) is -1.27. The van der Waals surface area contributed by atoms with Gasteiger partial charge in [-0.15, -0.1) is 0 Å².